The van der Waals surface area contributed by atoms with Gasteiger partial charge in [0.1, 0.15) is 12.4 Å². The van der Waals surface area contributed by atoms with Gasteiger partial charge in [0, 0.05) is 31.2 Å². The van der Waals surface area contributed by atoms with Gasteiger partial charge < -0.3 is 20.3 Å². The maximum atomic E-state index is 13.1. The van der Waals surface area contributed by atoms with Crippen molar-refractivity contribution in [3.05, 3.63) is 29.3 Å². The summed E-state index contributed by atoms with van der Waals surface area (Å²) in [6.07, 6.45) is 6.03. The van der Waals surface area contributed by atoms with Crippen molar-refractivity contribution in [3.63, 3.8) is 0 Å². The summed E-state index contributed by atoms with van der Waals surface area (Å²) < 4.78 is 5.69. The van der Waals surface area contributed by atoms with Crippen molar-refractivity contribution in [2.45, 2.75) is 45.1 Å². The van der Waals surface area contributed by atoms with E-state index < -0.39 is 0 Å². The van der Waals surface area contributed by atoms with Gasteiger partial charge in [0.05, 0.1) is 0 Å². The minimum Gasteiger partial charge on any atom is -0.492 e. The summed E-state index contributed by atoms with van der Waals surface area (Å²) in [5, 5.41) is 0. The number of nitrogens with zero attached hydrogens (tertiary/aromatic N) is 2. The van der Waals surface area contributed by atoms with E-state index >= 15 is 0 Å². The molecule has 1 aromatic rings. The van der Waals surface area contributed by atoms with E-state index in [0.717, 1.165) is 42.8 Å². The summed E-state index contributed by atoms with van der Waals surface area (Å²) in [6, 6.07) is 6.12. The van der Waals surface area contributed by atoms with E-state index in [4.69, 9.17) is 10.5 Å². The van der Waals surface area contributed by atoms with Crippen LogP contribution in [-0.2, 0) is 0 Å². The van der Waals surface area contributed by atoms with Crippen LogP contribution in [0.15, 0.2) is 18.2 Å². The van der Waals surface area contributed by atoms with E-state index in [0.29, 0.717) is 19.2 Å². The zero-order chi connectivity index (χ0) is 17.6. The molecule has 2 N–H and O–H groups in total. The molecule has 5 heteroatoms. The average Bonchev–Trinajstić information content (AvgIpc) is 3.14. The molecule has 0 spiro atoms. The van der Waals surface area contributed by atoms with E-state index in [9.17, 15) is 4.79 Å². The minimum absolute atomic E-state index is 0.140. The Labute approximate surface area is 151 Å². The van der Waals surface area contributed by atoms with Crippen molar-refractivity contribution in [1.82, 2.24) is 9.80 Å². The zero-order valence-electron chi connectivity index (χ0n) is 15.4. The minimum atomic E-state index is 0.140. The summed E-state index contributed by atoms with van der Waals surface area (Å²) in [5.41, 5.74) is 7.30. The number of carbonyl (C=O) groups is 1. The number of amides is 1. The Morgan fingerprint density at radius 2 is 1.96 bits per heavy atom. The van der Waals surface area contributed by atoms with Crippen molar-refractivity contribution in [2.24, 2.45) is 5.73 Å². The first-order valence-electron chi connectivity index (χ1n) is 9.66. The van der Waals surface area contributed by atoms with Gasteiger partial charge in [-0.2, -0.15) is 0 Å². The lowest BCUT2D eigenvalue weighted by atomic mass is 9.99. The Morgan fingerprint density at radius 3 is 2.72 bits per heavy atom. The van der Waals surface area contributed by atoms with Crippen LogP contribution >= 0.6 is 0 Å². The molecular weight excluding hydrogens is 314 g/mol. The summed E-state index contributed by atoms with van der Waals surface area (Å²) in [7, 11) is 0. The largest absolute Gasteiger partial charge is 0.492 e. The second-order valence-corrected chi connectivity index (χ2v) is 7.27. The first-order valence-corrected chi connectivity index (χ1v) is 9.66. The van der Waals surface area contributed by atoms with E-state index in [1.54, 1.807) is 0 Å². The molecule has 3 rings (SSSR count). The highest BCUT2D eigenvalue weighted by Gasteiger charge is 2.29. The summed E-state index contributed by atoms with van der Waals surface area (Å²) in [5.74, 6) is 0.908. The van der Waals surface area contributed by atoms with Crippen LogP contribution in [0.1, 0.15) is 48.0 Å². The van der Waals surface area contributed by atoms with Crippen LogP contribution in [0.4, 0.5) is 0 Å². The molecule has 138 valence electrons. The van der Waals surface area contributed by atoms with Gasteiger partial charge in [-0.1, -0.05) is 6.07 Å². The Balaban J connectivity index is 1.72. The van der Waals surface area contributed by atoms with Gasteiger partial charge in [-0.15, -0.1) is 0 Å². The number of hydrogen-bond donors (Lipinski definition) is 1. The third kappa shape index (κ3) is 4.53. The van der Waals surface area contributed by atoms with E-state index in [1.165, 1.54) is 32.4 Å². The SMILES string of the molecule is Cc1ccc(C(=O)N2CCCC[C@H]2CN2CCCC2)cc1OCCN. The molecule has 2 fully saturated rings. The first-order chi connectivity index (χ1) is 12.2. The predicted molar refractivity (Wildman–Crippen MR) is 100 cm³/mol. The maximum absolute atomic E-state index is 13.1. The number of hydrogen-bond acceptors (Lipinski definition) is 4. The standard InChI is InChI=1S/C20H31N3O2/c1-16-7-8-17(14-19(16)25-13-9-21)20(24)23-12-3-2-6-18(23)15-22-10-4-5-11-22/h7-8,14,18H,2-6,9-13,15,21H2,1H3/t18-/m0/s1. The Bertz CT molecular complexity index is 584. The molecule has 0 unspecified atom stereocenters. The molecule has 2 aliphatic rings. The van der Waals surface area contributed by atoms with Crippen LogP contribution in [0.25, 0.3) is 0 Å². The number of nitrogens with two attached hydrogens (primary N) is 1. The number of piperidine rings is 1. The molecule has 2 aliphatic heterocycles. The monoisotopic (exact) mass is 345 g/mol. The normalized spacial score (nSPS) is 21.5. The van der Waals surface area contributed by atoms with E-state index in [1.807, 2.05) is 25.1 Å². The highest BCUT2D eigenvalue weighted by Crippen LogP contribution is 2.25. The highest BCUT2D eigenvalue weighted by atomic mass is 16.5. The molecule has 0 saturated carbocycles. The molecule has 0 radical (unpaired) electrons. The smallest absolute Gasteiger partial charge is 0.254 e. The molecule has 0 bridgehead atoms. The van der Waals surface area contributed by atoms with E-state index in [2.05, 4.69) is 9.80 Å². The van der Waals surface area contributed by atoms with Gasteiger partial charge in [-0.25, -0.2) is 0 Å². The van der Waals surface area contributed by atoms with E-state index in [-0.39, 0.29) is 5.91 Å². The van der Waals surface area contributed by atoms with Crippen LogP contribution < -0.4 is 10.5 Å². The summed E-state index contributed by atoms with van der Waals surface area (Å²) in [4.78, 5) is 17.8. The highest BCUT2D eigenvalue weighted by molar-refractivity contribution is 5.95. The molecular formula is C20H31N3O2. The molecule has 2 heterocycles. The fraction of sp³-hybridized carbons (Fsp3) is 0.650. The molecule has 0 aromatic heterocycles. The van der Waals surface area contributed by atoms with Crippen molar-refractivity contribution in [3.8, 4) is 5.75 Å². The third-order valence-corrected chi connectivity index (χ3v) is 5.37. The topological polar surface area (TPSA) is 58.8 Å². The lowest BCUT2D eigenvalue weighted by Gasteiger charge is -2.38. The third-order valence-electron chi connectivity index (χ3n) is 5.37. The first kappa shape index (κ1) is 18.2. The maximum Gasteiger partial charge on any atom is 0.254 e. The summed E-state index contributed by atoms with van der Waals surface area (Å²) >= 11 is 0. The predicted octanol–water partition coefficient (Wildman–Crippen LogP) is 2.42. The van der Waals surface area contributed by atoms with Gasteiger partial charge in [-0.3, -0.25) is 4.79 Å². The quantitative estimate of drug-likeness (QED) is 0.860. The van der Waals surface area contributed by atoms with Gasteiger partial charge in [0.25, 0.3) is 5.91 Å². The fourth-order valence-electron chi connectivity index (χ4n) is 3.94. The number of ether oxygens (including phenoxy) is 1. The van der Waals surface area contributed by atoms with Crippen LogP contribution in [-0.4, -0.2) is 61.1 Å². The van der Waals surface area contributed by atoms with Crippen molar-refractivity contribution >= 4 is 5.91 Å². The van der Waals surface area contributed by atoms with Gasteiger partial charge in [0.15, 0.2) is 0 Å². The van der Waals surface area contributed by atoms with Gasteiger partial charge in [-0.05, 0) is 69.8 Å². The molecule has 2 saturated heterocycles. The number of benzene rings is 1. The molecule has 1 amide bonds. The second kappa shape index (κ2) is 8.68. The molecule has 0 aliphatic carbocycles. The van der Waals surface area contributed by atoms with Crippen LogP contribution in [0.5, 0.6) is 5.75 Å². The number of likely N-dealkylation sites (tertiary alicyclic amines) is 2. The lowest BCUT2D eigenvalue weighted by Crippen LogP contribution is -2.49. The summed E-state index contributed by atoms with van der Waals surface area (Å²) in [6.45, 7) is 7.19. The van der Waals surface area contributed by atoms with Crippen LogP contribution in [0.2, 0.25) is 0 Å². The number of aryl methyl sites for hydroxylation is 1. The zero-order valence-corrected chi connectivity index (χ0v) is 15.4. The lowest BCUT2D eigenvalue weighted by molar-refractivity contribution is 0.0560. The Morgan fingerprint density at radius 1 is 1.20 bits per heavy atom. The Kier molecular flexibility index (Phi) is 6.32. The van der Waals surface area contributed by atoms with Crippen molar-refractivity contribution in [2.75, 3.05) is 39.3 Å². The average molecular weight is 345 g/mol. The van der Waals surface area contributed by atoms with Crippen molar-refractivity contribution in [1.29, 1.82) is 0 Å². The fourth-order valence-corrected chi connectivity index (χ4v) is 3.94. The second-order valence-electron chi connectivity index (χ2n) is 7.27. The molecule has 1 atom stereocenters. The molecule has 1 aromatic carbocycles. The molecule has 5 nitrogen and oxygen atoms in total. The Hall–Kier alpha value is -1.59. The van der Waals surface area contributed by atoms with Gasteiger partial charge >= 0.3 is 0 Å². The van der Waals surface area contributed by atoms with Gasteiger partial charge in [0.2, 0.25) is 0 Å². The van der Waals surface area contributed by atoms with Crippen LogP contribution in [0.3, 0.4) is 0 Å². The van der Waals surface area contributed by atoms with Crippen LogP contribution in [0, 0.1) is 6.92 Å². The van der Waals surface area contributed by atoms with Crippen molar-refractivity contribution < 1.29 is 9.53 Å². The number of rotatable bonds is 6. The molecule has 25 heavy (non-hydrogen) atoms. The number of carbonyl (C=O) groups excluding carboxylic acids is 1.